The average molecular weight is 351 g/mol. The summed E-state index contributed by atoms with van der Waals surface area (Å²) in [6.45, 7) is 1.55. The monoisotopic (exact) mass is 349 g/mol. The van der Waals surface area contributed by atoms with E-state index in [4.69, 9.17) is 44.3 Å². The summed E-state index contributed by atoms with van der Waals surface area (Å²) in [4.78, 5) is 13.6. The lowest BCUT2D eigenvalue weighted by Crippen LogP contribution is -2.30. The smallest absolute Gasteiger partial charge is 0.415 e. The van der Waals surface area contributed by atoms with Gasteiger partial charge in [-0.05, 0) is 25.0 Å². The van der Waals surface area contributed by atoms with Crippen LogP contribution in [0, 0.1) is 0 Å². The molecule has 0 N–H and O–H groups in total. The van der Waals surface area contributed by atoms with Gasteiger partial charge in [0.1, 0.15) is 18.1 Å². The first-order valence-electron chi connectivity index (χ1n) is 6.44. The van der Waals surface area contributed by atoms with Gasteiger partial charge in [-0.25, -0.2) is 4.79 Å². The van der Waals surface area contributed by atoms with Crippen molar-refractivity contribution < 1.29 is 14.3 Å². The van der Waals surface area contributed by atoms with E-state index < -0.39 is 0 Å². The maximum Gasteiger partial charge on any atom is 0.415 e. The number of likely N-dealkylation sites (tertiary alicyclic amines) is 1. The van der Waals surface area contributed by atoms with Gasteiger partial charge in [0, 0.05) is 24.7 Å². The molecule has 0 bridgehead atoms. The maximum atomic E-state index is 11.9. The van der Waals surface area contributed by atoms with Gasteiger partial charge in [0.15, 0.2) is 0 Å². The molecular weight excluding hydrogens is 337 g/mol. The Kier molecular flexibility index (Phi) is 6.03. The molecule has 1 saturated heterocycles. The Hall–Kier alpha value is -1.10. The first-order valence-corrected chi connectivity index (χ1v) is 7.63. The average Bonchev–Trinajstić information content (AvgIpc) is 3.01. The zero-order valence-corrected chi connectivity index (χ0v) is 13.4. The van der Waals surface area contributed by atoms with Crippen LogP contribution in [0.1, 0.15) is 12.8 Å². The Morgan fingerprint density at radius 3 is 2.71 bits per heavy atom. The number of nitrogens with zero attached hydrogens (tertiary/aromatic N) is 1. The zero-order chi connectivity index (χ0) is 15.2. The molecule has 21 heavy (non-hydrogen) atoms. The Morgan fingerprint density at radius 1 is 1.33 bits per heavy atom. The number of amides is 1. The molecule has 1 heterocycles. The number of ether oxygens (including phenoxy) is 2. The number of halogens is 3. The maximum absolute atomic E-state index is 11.9. The van der Waals surface area contributed by atoms with Crippen LogP contribution in [0.5, 0.6) is 11.5 Å². The van der Waals surface area contributed by atoms with E-state index in [1.54, 1.807) is 23.1 Å². The predicted octanol–water partition coefficient (Wildman–Crippen LogP) is 4.63. The molecule has 1 aromatic rings. The van der Waals surface area contributed by atoms with E-state index in [2.05, 4.69) is 0 Å². The van der Waals surface area contributed by atoms with E-state index in [-0.39, 0.29) is 12.7 Å². The highest BCUT2D eigenvalue weighted by molar-refractivity contribution is 6.36. The van der Waals surface area contributed by atoms with Gasteiger partial charge in [0.25, 0.3) is 0 Å². The number of benzene rings is 1. The Morgan fingerprint density at radius 2 is 2.05 bits per heavy atom. The van der Waals surface area contributed by atoms with Crippen LogP contribution in [-0.4, -0.2) is 30.7 Å². The number of hydrogen-bond acceptors (Lipinski definition) is 3. The molecule has 0 radical (unpaired) electrons. The number of rotatable bonds is 4. The standard InChI is InChI=1S/C14H14Cl3NO3/c15-8-10(16)9-20-13-7-11(3-4-12(13)17)21-14(19)18-5-1-2-6-18/h3-4,7-8H,1-2,5-6,9H2. The highest BCUT2D eigenvalue weighted by Crippen LogP contribution is 2.30. The molecule has 0 saturated carbocycles. The van der Waals surface area contributed by atoms with Gasteiger partial charge in [-0.1, -0.05) is 34.8 Å². The summed E-state index contributed by atoms with van der Waals surface area (Å²) in [6, 6.07) is 4.76. The lowest BCUT2D eigenvalue weighted by molar-refractivity contribution is 0.162. The van der Waals surface area contributed by atoms with Gasteiger partial charge in [-0.3, -0.25) is 0 Å². The van der Waals surface area contributed by atoms with Crippen molar-refractivity contribution in [2.75, 3.05) is 19.7 Å². The molecule has 114 valence electrons. The van der Waals surface area contributed by atoms with Gasteiger partial charge in [-0.15, -0.1) is 0 Å². The summed E-state index contributed by atoms with van der Waals surface area (Å²) in [5.74, 6) is 0.748. The van der Waals surface area contributed by atoms with Gasteiger partial charge in [-0.2, -0.15) is 0 Å². The van der Waals surface area contributed by atoms with Crippen molar-refractivity contribution in [2.45, 2.75) is 12.8 Å². The fraction of sp³-hybridized carbons (Fsp3) is 0.357. The van der Waals surface area contributed by atoms with Crippen molar-refractivity contribution in [3.05, 3.63) is 33.8 Å². The van der Waals surface area contributed by atoms with Gasteiger partial charge < -0.3 is 14.4 Å². The fourth-order valence-electron chi connectivity index (χ4n) is 1.90. The lowest BCUT2D eigenvalue weighted by Gasteiger charge is -2.15. The van der Waals surface area contributed by atoms with Crippen molar-refractivity contribution in [2.24, 2.45) is 0 Å². The third-order valence-corrected chi connectivity index (χ3v) is 3.86. The summed E-state index contributed by atoms with van der Waals surface area (Å²) in [6.07, 6.45) is 1.65. The minimum Gasteiger partial charge on any atom is -0.486 e. The number of hydrogen-bond donors (Lipinski definition) is 0. The zero-order valence-electron chi connectivity index (χ0n) is 11.2. The third-order valence-electron chi connectivity index (χ3n) is 2.96. The highest BCUT2D eigenvalue weighted by Gasteiger charge is 2.20. The van der Waals surface area contributed by atoms with Gasteiger partial charge >= 0.3 is 6.09 Å². The van der Waals surface area contributed by atoms with Gasteiger partial charge in [0.2, 0.25) is 0 Å². The summed E-state index contributed by atoms with van der Waals surface area (Å²) in [5, 5.41) is 0.738. The first kappa shape index (κ1) is 16.3. The SMILES string of the molecule is O=C(Oc1ccc(Cl)c(OCC(Cl)=CCl)c1)N1CCCC1. The van der Waals surface area contributed by atoms with Gasteiger partial charge in [0.05, 0.1) is 10.1 Å². The summed E-state index contributed by atoms with van der Waals surface area (Å²) in [7, 11) is 0. The molecule has 0 spiro atoms. The second kappa shape index (κ2) is 7.78. The second-order valence-electron chi connectivity index (χ2n) is 4.50. The van der Waals surface area contributed by atoms with Crippen LogP contribution in [0.25, 0.3) is 0 Å². The van der Waals surface area contributed by atoms with Crippen LogP contribution in [0.3, 0.4) is 0 Å². The molecule has 2 rings (SSSR count). The lowest BCUT2D eigenvalue weighted by atomic mass is 10.3. The largest absolute Gasteiger partial charge is 0.486 e. The minimum atomic E-state index is -0.362. The van der Waals surface area contributed by atoms with Crippen molar-refractivity contribution in [1.29, 1.82) is 0 Å². The highest BCUT2D eigenvalue weighted by atomic mass is 35.5. The normalized spacial score (nSPS) is 15.2. The van der Waals surface area contributed by atoms with Crippen LogP contribution in [0.4, 0.5) is 4.79 Å². The molecule has 1 aliphatic rings. The Bertz CT molecular complexity index is 542. The van der Waals surface area contributed by atoms with E-state index in [0.717, 1.165) is 25.9 Å². The van der Waals surface area contributed by atoms with E-state index >= 15 is 0 Å². The van der Waals surface area contributed by atoms with Crippen molar-refractivity contribution in [3.63, 3.8) is 0 Å². The fourth-order valence-corrected chi connectivity index (χ4v) is 2.19. The Balaban J connectivity index is 2.01. The molecule has 0 atom stereocenters. The minimum absolute atomic E-state index is 0.0916. The molecule has 0 unspecified atom stereocenters. The quantitative estimate of drug-likeness (QED) is 0.794. The first-order chi connectivity index (χ1) is 10.1. The summed E-state index contributed by atoms with van der Waals surface area (Å²) >= 11 is 17.2. The van der Waals surface area contributed by atoms with Crippen molar-refractivity contribution in [3.8, 4) is 11.5 Å². The van der Waals surface area contributed by atoms with E-state index in [0.29, 0.717) is 21.6 Å². The van der Waals surface area contributed by atoms with Crippen LogP contribution in [0.2, 0.25) is 5.02 Å². The number of carbonyl (C=O) groups is 1. The summed E-state index contributed by atoms with van der Waals surface area (Å²) in [5.41, 5.74) is 1.21. The van der Waals surface area contributed by atoms with Crippen LogP contribution >= 0.6 is 34.8 Å². The van der Waals surface area contributed by atoms with E-state index in [9.17, 15) is 4.79 Å². The molecule has 1 fully saturated rings. The molecule has 4 nitrogen and oxygen atoms in total. The predicted molar refractivity (Wildman–Crippen MR) is 83.6 cm³/mol. The number of carbonyl (C=O) groups excluding carboxylic acids is 1. The molecule has 7 heteroatoms. The molecule has 0 aromatic heterocycles. The third kappa shape index (κ3) is 4.70. The molecule has 1 amide bonds. The molecule has 0 aliphatic carbocycles. The molecular formula is C14H14Cl3NO3. The molecule has 1 aliphatic heterocycles. The topological polar surface area (TPSA) is 38.8 Å². The van der Waals surface area contributed by atoms with Crippen molar-refractivity contribution in [1.82, 2.24) is 4.90 Å². The second-order valence-corrected chi connectivity index (χ2v) is 5.61. The molecule has 1 aromatic carbocycles. The Labute approximate surface area is 138 Å². The van der Waals surface area contributed by atoms with Crippen LogP contribution in [-0.2, 0) is 0 Å². The van der Waals surface area contributed by atoms with E-state index in [1.807, 2.05) is 0 Å². The van der Waals surface area contributed by atoms with E-state index in [1.165, 1.54) is 5.54 Å². The summed E-state index contributed by atoms with van der Waals surface area (Å²) < 4.78 is 10.7. The van der Waals surface area contributed by atoms with Crippen LogP contribution < -0.4 is 9.47 Å². The van der Waals surface area contributed by atoms with Crippen molar-refractivity contribution >= 4 is 40.9 Å². The van der Waals surface area contributed by atoms with Crippen LogP contribution in [0.15, 0.2) is 28.8 Å².